The van der Waals surface area contributed by atoms with Crippen molar-refractivity contribution < 1.29 is 5.11 Å². The van der Waals surface area contributed by atoms with Crippen LogP contribution in [-0.4, -0.2) is 11.7 Å². The molecule has 1 rings (SSSR count). The van der Waals surface area contributed by atoms with E-state index < -0.39 is 6.10 Å². The zero-order valence-corrected chi connectivity index (χ0v) is 8.64. The molecule has 0 fully saturated rings. The minimum Gasteiger partial charge on any atom is -0.387 e. The van der Waals surface area contributed by atoms with E-state index in [0.717, 1.165) is 10.0 Å². The third-order valence-electron chi connectivity index (χ3n) is 1.55. The van der Waals surface area contributed by atoms with Crippen LogP contribution in [-0.2, 0) is 0 Å². The van der Waals surface area contributed by atoms with Crippen molar-refractivity contribution in [1.82, 2.24) is 0 Å². The number of halogens is 2. The Labute approximate surface area is 84.5 Å². The van der Waals surface area contributed by atoms with Gasteiger partial charge in [-0.2, -0.15) is 0 Å². The highest BCUT2D eigenvalue weighted by atomic mass is 79.9. The molecule has 0 amide bonds. The number of nitrogens with two attached hydrogens (primary N) is 1. The van der Waals surface area contributed by atoms with Gasteiger partial charge in [-0.1, -0.05) is 17.7 Å². The molecule has 0 saturated carbocycles. The van der Waals surface area contributed by atoms with E-state index in [2.05, 4.69) is 15.9 Å². The molecule has 0 bridgehead atoms. The highest BCUT2D eigenvalue weighted by Crippen LogP contribution is 2.25. The SMILES string of the molecule is NC[C@@H](O)c1ccc(Br)c(Cl)c1. The molecule has 3 N–H and O–H groups in total. The molecule has 0 aromatic heterocycles. The second-order valence-electron chi connectivity index (χ2n) is 2.43. The van der Waals surface area contributed by atoms with Crippen LogP contribution in [0.4, 0.5) is 0 Å². The molecular formula is C8H9BrClNO. The molecule has 0 heterocycles. The van der Waals surface area contributed by atoms with E-state index in [0.29, 0.717) is 5.02 Å². The van der Waals surface area contributed by atoms with Crippen LogP contribution in [0.5, 0.6) is 0 Å². The van der Waals surface area contributed by atoms with Crippen molar-refractivity contribution in [3.8, 4) is 0 Å². The van der Waals surface area contributed by atoms with Crippen molar-refractivity contribution in [2.24, 2.45) is 5.73 Å². The van der Waals surface area contributed by atoms with Crippen LogP contribution in [0.3, 0.4) is 0 Å². The van der Waals surface area contributed by atoms with Crippen LogP contribution in [0.1, 0.15) is 11.7 Å². The number of hydrogen-bond acceptors (Lipinski definition) is 2. The molecule has 0 radical (unpaired) electrons. The summed E-state index contributed by atoms with van der Waals surface area (Å²) in [5, 5.41) is 9.93. The molecule has 12 heavy (non-hydrogen) atoms. The monoisotopic (exact) mass is 249 g/mol. The van der Waals surface area contributed by atoms with Gasteiger partial charge in [0.1, 0.15) is 0 Å². The summed E-state index contributed by atoms with van der Waals surface area (Å²) in [5.41, 5.74) is 6.03. The van der Waals surface area contributed by atoms with E-state index >= 15 is 0 Å². The fourth-order valence-electron chi connectivity index (χ4n) is 0.856. The van der Waals surface area contributed by atoms with Crippen molar-refractivity contribution in [2.75, 3.05) is 6.54 Å². The van der Waals surface area contributed by atoms with Gasteiger partial charge in [0, 0.05) is 11.0 Å². The average Bonchev–Trinajstić information content (AvgIpc) is 2.08. The lowest BCUT2D eigenvalue weighted by Gasteiger charge is -2.08. The largest absolute Gasteiger partial charge is 0.387 e. The van der Waals surface area contributed by atoms with Crippen molar-refractivity contribution in [1.29, 1.82) is 0 Å². The van der Waals surface area contributed by atoms with E-state index in [-0.39, 0.29) is 6.54 Å². The lowest BCUT2D eigenvalue weighted by atomic mass is 10.1. The van der Waals surface area contributed by atoms with Crippen LogP contribution in [0.15, 0.2) is 22.7 Å². The number of rotatable bonds is 2. The second-order valence-corrected chi connectivity index (χ2v) is 3.69. The summed E-state index contributed by atoms with van der Waals surface area (Å²) in [6.07, 6.45) is -0.629. The van der Waals surface area contributed by atoms with Crippen LogP contribution in [0.2, 0.25) is 5.02 Å². The van der Waals surface area contributed by atoms with E-state index in [1.54, 1.807) is 18.2 Å². The van der Waals surface area contributed by atoms with Crippen molar-refractivity contribution >= 4 is 27.5 Å². The first kappa shape index (κ1) is 9.99. The molecule has 1 aromatic carbocycles. The summed E-state index contributed by atoms with van der Waals surface area (Å²) in [6, 6.07) is 5.27. The number of benzene rings is 1. The van der Waals surface area contributed by atoms with Crippen LogP contribution >= 0.6 is 27.5 Å². The maximum atomic E-state index is 9.35. The smallest absolute Gasteiger partial charge is 0.0912 e. The van der Waals surface area contributed by atoms with Gasteiger partial charge in [-0.05, 0) is 33.6 Å². The molecule has 4 heteroatoms. The predicted molar refractivity (Wildman–Crippen MR) is 53.2 cm³/mol. The molecule has 2 nitrogen and oxygen atoms in total. The Morgan fingerprint density at radius 2 is 2.25 bits per heavy atom. The quantitative estimate of drug-likeness (QED) is 0.844. The standard InChI is InChI=1S/C8H9BrClNO/c9-6-2-1-5(3-7(6)10)8(12)4-11/h1-3,8,12H,4,11H2/t8-/m1/s1. The maximum Gasteiger partial charge on any atom is 0.0912 e. The Balaban J connectivity index is 2.96. The van der Waals surface area contributed by atoms with Gasteiger partial charge >= 0.3 is 0 Å². The Morgan fingerprint density at radius 3 is 2.75 bits per heavy atom. The minimum absolute atomic E-state index is 0.206. The summed E-state index contributed by atoms with van der Waals surface area (Å²) in [6.45, 7) is 0.206. The van der Waals surface area contributed by atoms with Crippen LogP contribution in [0, 0.1) is 0 Å². The Bertz CT molecular complexity index is 280. The minimum atomic E-state index is -0.629. The van der Waals surface area contributed by atoms with Crippen molar-refractivity contribution in [2.45, 2.75) is 6.10 Å². The summed E-state index contributed by atoms with van der Waals surface area (Å²) >= 11 is 9.07. The van der Waals surface area contributed by atoms with Crippen LogP contribution in [0.25, 0.3) is 0 Å². The highest BCUT2D eigenvalue weighted by molar-refractivity contribution is 9.10. The van der Waals surface area contributed by atoms with Gasteiger partial charge in [0.15, 0.2) is 0 Å². The molecule has 1 aromatic rings. The molecule has 0 saturated heterocycles. The first-order valence-electron chi connectivity index (χ1n) is 3.48. The summed E-state index contributed by atoms with van der Waals surface area (Å²) < 4.78 is 0.817. The zero-order chi connectivity index (χ0) is 9.14. The third kappa shape index (κ3) is 2.20. The third-order valence-corrected chi connectivity index (χ3v) is 2.78. The summed E-state index contributed by atoms with van der Waals surface area (Å²) in [5.74, 6) is 0. The maximum absolute atomic E-state index is 9.35. The van der Waals surface area contributed by atoms with E-state index in [4.69, 9.17) is 17.3 Å². The van der Waals surface area contributed by atoms with Gasteiger partial charge in [0.2, 0.25) is 0 Å². The van der Waals surface area contributed by atoms with Crippen LogP contribution < -0.4 is 5.73 Å². The normalized spacial score (nSPS) is 13.0. The molecule has 0 aliphatic rings. The first-order valence-corrected chi connectivity index (χ1v) is 4.65. The molecule has 0 aliphatic carbocycles. The molecule has 0 unspecified atom stereocenters. The van der Waals surface area contributed by atoms with Gasteiger partial charge < -0.3 is 10.8 Å². The Morgan fingerprint density at radius 1 is 1.58 bits per heavy atom. The Kier molecular flexibility index (Phi) is 3.53. The van der Waals surface area contributed by atoms with E-state index in [1.165, 1.54) is 0 Å². The molecular weight excluding hydrogens is 241 g/mol. The van der Waals surface area contributed by atoms with E-state index in [9.17, 15) is 5.11 Å². The van der Waals surface area contributed by atoms with E-state index in [1.807, 2.05) is 0 Å². The lowest BCUT2D eigenvalue weighted by Crippen LogP contribution is -2.11. The van der Waals surface area contributed by atoms with Gasteiger partial charge in [-0.15, -0.1) is 0 Å². The van der Waals surface area contributed by atoms with Gasteiger partial charge in [0.05, 0.1) is 11.1 Å². The second kappa shape index (κ2) is 4.23. The summed E-state index contributed by atoms with van der Waals surface area (Å²) in [4.78, 5) is 0. The Hall–Kier alpha value is -0.0900. The highest BCUT2D eigenvalue weighted by Gasteiger charge is 2.06. The topological polar surface area (TPSA) is 46.2 Å². The van der Waals surface area contributed by atoms with Gasteiger partial charge in [-0.3, -0.25) is 0 Å². The molecule has 66 valence electrons. The number of aliphatic hydroxyl groups excluding tert-OH is 1. The molecule has 0 aliphatic heterocycles. The van der Waals surface area contributed by atoms with Gasteiger partial charge in [0.25, 0.3) is 0 Å². The average molecular weight is 251 g/mol. The van der Waals surface area contributed by atoms with Crippen molar-refractivity contribution in [3.05, 3.63) is 33.3 Å². The fraction of sp³-hybridized carbons (Fsp3) is 0.250. The summed E-state index contributed by atoms with van der Waals surface area (Å²) in [7, 11) is 0. The molecule has 1 atom stereocenters. The van der Waals surface area contributed by atoms with Crippen molar-refractivity contribution in [3.63, 3.8) is 0 Å². The lowest BCUT2D eigenvalue weighted by molar-refractivity contribution is 0.187. The number of aliphatic hydroxyl groups is 1. The predicted octanol–water partition coefficient (Wildman–Crippen LogP) is 2.09. The van der Waals surface area contributed by atoms with Gasteiger partial charge in [-0.25, -0.2) is 0 Å². The first-order chi connectivity index (χ1) is 5.65. The fourth-order valence-corrected chi connectivity index (χ4v) is 1.29. The number of hydrogen-bond donors (Lipinski definition) is 2. The zero-order valence-electron chi connectivity index (χ0n) is 6.30. The molecule has 0 spiro atoms.